The van der Waals surface area contributed by atoms with Gasteiger partial charge in [-0.05, 0) is 22.8 Å². The molecule has 0 saturated heterocycles. The molecule has 0 radical (unpaired) electrons. The Bertz CT molecular complexity index is 891. The Morgan fingerprint density at radius 1 is 1.13 bits per heavy atom. The Labute approximate surface area is 181 Å². The monoisotopic (exact) mass is 458 g/mol. The Morgan fingerprint density at radius 3 is 2.39 bits per heavy atom. The van der Waals surface area contributed by atoms with Crippen LogP contribution >= 0.6 is 11.8 Å². The van der Waals surface area contributed by atoms with Crippen LogP contribution in [0.15, 0.2) is 42.5 Å². The van der Waals surface area contributed by atoms with Gasteiger partial charge in [0.25, 0.3) is 0 Å². The normalized spacial score (nSPS) is 11.2. The number of hydrogen-bond acceptors (Lipinski definition) is 6. The molecule has 2 aromatic carbocycles. The summed E-state index contributed by atoms with van der Waals surface area (Å²) in [5, 5.41) is 13.8. The van der Waals surface area contributed by atoms with Gasteiger partial charge in [-0.2, -0.15) is 13.2 Å². The third-order valence-corrected chi connectivity index (χ3v) is 4.99. The van der Waals surface area contributed by atoms with E-state index in [1.54, 1.807) is 30.3 Å². The van der Waals surface area contributed by atoms with Gasteiger partial charge >= 0.3 is 11.9 Å². The van der Waals surface area contributed by atoms with Gasteiger partial charge in [0.1, 0.15) is 6.61 Å². The maximum Gasteiger partial charge on any atom is 0.411 e. The van der Waals surface area contributed by atoms with Crippen molar-refractivity contribution in [2.75, 3.05) is 19.5 Å². The second-order valence-electron chi connectivity index (χ2n) is 6.46. The van der Waals surface area contributed by atoms with Crippen LogP contribution in [0, 0.1) is 10.1 Å². The van der Waals surface area contributed by atoms with Crippen molar-refractivity contribution >= 4 is 23.4 Å². The highest BCUT2D eigenvalue weighted by Gasteiger charge is 2.27. The zero-order valence-corrected chi connectivity index (χ0v) is 17.4. The van der Waals surface area contributed by atoms with Gasteiger partial charge in [0.15, 0.2) is 5.75 Å². The standard InChI is InChI=1S/C20H21F3N2O5S/c1-29-18-7-6-16(8-17(18)25(27)28)11-31-12-19(26)24-9-14-2-4-15(5-3-14)10-30-13-20(21,22)23/h2-8H,9-13H2,1H3,(H,24,26). The smallest absolute Gasteiger partial charge is 0.411 e. The molecule has 0 unspecified atom stereocenters. The van der Waals surface area contributed by atoms with Crippen molar-refractivity contribution in [3.8, 4) is 5.75 Å². The van der Waals surface area contributed by atoms with Crippen LogP contribution in [0.5, 0.6) is 5.75 Å². The summed E-state index contributed by atoms with van der Waals surface area (Å²) in [6.45, 7) is -1.17. The lowest BCUT2D eigenvalue weighted by Gasteiger charge is -2.09. The van der Waals surface area contributed by atoms with Gasteiger partial charge in [0, 0.05) is 18.4 Å². The van der Waals surface area contributed by atoms with Gasteiger partial charge < -0.3 is 14.8 Å². The Kier molecular flexibility index (Phi) is 9.13. The number of ether oxygens (including phenoxy) is 2. The molecule has 2 aromatic rings. The molecule has 2 rings (SSSR count). The Morgan fingerprint density at radius 2 is 1.77 bits per heavy atom. The highest BCUT2D eigenvalue weighted by Crippen LogP contribution is 2.29. The zero-order chi connectivity index (χ0) is 22.9. The number of benzene rings is 2. The molecule has 0 bridgehead atoms. The second kappa shape index (κ2) is 11.6. The van der Waals surface area contributed by atoms with E-state index >= 15 is 0 Å². The summed E-state index contributed by atoms with van der Waals surface area (Å²) in [7, 11) is 1.36. The molecule has 1 amide bonds. The summed E-state index contributed by atoms with van der Waals surface area (Å²) in [4.78, 5) is 22.5. The lowest BCUT2D eigenvalue weighted by Crippen LogP contribution is -2.24. The largest absolute Gasteiger partial charge is 0.490 e. The first-order chi connectivity index (χ1) is 14.7. The molecule has 31 heavy (non-hydrogen) atoms. The van der Waals surface area contributed by atoms with Crippen LogP contribution < -0.4 is 10.1 Å². The fourth-order valence-electron chi connectivity index (χ4n) is 2.52. The van der Waals surface area contributed by atoms with Crippen LogP contribution in [0.1, 0.15) is 16.7 Å². The molecule has 0 heterocycles. The Balaban J connectivity index is 1.72. The van der Waals surface area contributed by atoms with Crippen LogP contribution in [0.25, 0.3) is 0 Å². The average Bonchev–Trinajstić information content (AvgIpc) is 2.72. The zero-order valence-electron chi connectivity index (χ0n) is 16.6. The first-order valence-electron chi connectivity index (χ1n) is 9.06. The number of halogens is 3. The minimum atomic E-state index is -4.36. The maximum atomic E-state index is 12.1. The van der Waals surface area contributed by atoms with E-state index in [1.807, 2.05) is 0 Å². The number of nitro benzene ring substituents is 1. The maximum absolute atomic E-state index is 12.1. The van der Waals surface area contributed by atoms with Crippen LogP contribution in [-0.4, -0.2) is 36.5 Å². The number of hydrogen-bond donors (Lipinski definition) is 1. The summed E-state index contributed by atoms with van der Waals surface area (Å²) in [6, 6.07) is 11.3. The van der Waals surface area contributed by atoms with E-state index in [2.05, 4.69) is 10.1 Å². The second-order valence-corrected chi connectivity index (χ2v) is 7.44. The molecule has 7 nitrogen and oxygen atoms in total. The number of nitro groups is 1. The number of nitrogens with zero attached hydrogens (tertiary/aromatic N) is 1. The molecule has 11 heteroatoms. The highest BCUT2D eigenvalue weighted by atomic mass is 32.2. The van der Waals surface area contributed by atoms with Crippen molar-refractivity contribution in [1.82, 2.24) is 5.32 Å². The fourth-order valence-corrected chi connectivity index (χ4v) is 3.32. The van der Waals surface area contributed by atoms with Crippen molar-refractivity contribution in [3.05, 3.63) is 69.3 Å². The number of methoxy groups -OCH3 is 1. The van der Waals surface area contributed by atoms with Gasteiger partial charge in [0.2, 0.25) is 5.91 Å². The van der Waals surface area contributed by atoms with Crippen molar-refractivity contribution in [2.24, 2.45) is 0 Å². The van der Waals surface area contributed by atoms with E-state index in [0.29, 0.717) is 16.9 Å². The third kappa shape index (κ3) is 8.85. The lowest BCUT2D eigenvalue weighted by atomic mass is 10.1. The van der Waals surface area contributed by atoms with Crippen molar-refractivity contribution in [1.29, 1.82) is 0 Å². The van der Waals surface area contributed by atoms with Crippen LogP contribution in [-0.2, 0) is 28.4 Å². The topological polar surface area (TPSA) is 90.7 Å². The van der Waals surface area contributed by atoms with Gasteiger partial charge in [-0.3, -0.25) is 14.9 Å². The van der Waals surface area contributed by atoms with Gasteiger partial charge in [-0.15, -0.1) is 11.8 Å². The minimum absolute atomic E-state index is 0.127. The first kappa shape index (κ1) is 24.5. The van der Waals surface area contributed by atoms with Crippen molar-refractivity contribution in [3.63, 3.8) is 0 Å². The minimum Gasteiger partial charge on any atom is -0.490 e. The van der Waals surface area contributed by atoms with E-state index in [-0.39, 0.29) is 36.2 Å². The van der Waals surface area contributed by atoms with E-state index in [1.165, 1.54) is 31.0 Å². The SMILES string of the molecule is COc1ccc(CSCC(=O)NCc2ccc(COCC(F)(F)F)cc2)cc1[N+](=O)[O-]. The molecule has 1 N–H and O–H groups in total. The number of thioether (sulfide) groups is 1. The molecule has 0 aliphatic carbocycles. The van der Waals surface area contributed by atoms with E-state index in [9.17, 15) is 28.1 Å². The molecular formula is C20H21F3N2O5S. The molecule has 0 saturated carbocycles. The predicted molar refractivity (Wildman–Crippen MR) is 110 cm³/mol. The molecule has 0 aromatic heterocycles. The van der Waals surface area contributed by atoms with Gasteiger partial charge in [-0.25, -0.2) is 0 Å². The highest BCUT2D eigenvalue weighted by molar-refractivity contribution is 7.99. The van der Waals surface area contributed by atoms with E-state index < -0.39 is 17.7 Å². The number of amides is 1. The van der Waals surface area contributed by atoms with Crippen LogP contribution in [0.3, 0.4) is 0 Å². The summed E-state index contributed by atoms with van der Waals surface area (Å²) in [5.41, 5.74) is 1.97. The molecular weight excluding hydrogens is 437 g/mol. The number of carbonyl (C=O) groups excluding carboxylic acids is 1. The molecule has 0 spiro atoms. The number of rotatable bonds is 11. The summed E-state index contributed by atoms with van der Waals surface area (Å²) in [6.07, 6.45) is -4.36. The molecule has 0 aliphatic rings. The fraction of sp³-hybridized carbons (Fsp3) is 0.350. The van der Waals surface area contributed by atoms with Crippen molar-refractivity contribution in [2.45, 2.75) is 25.1 Å². The predicted octanol–water partition coefficient (Wildman–Crippen LogP) is 4.23. The number of nitrogens with one attached hydrogen (secondary N) is 1. The first-order valence-corrected chi connectivity index (χ1v) is 10.2. The van der Waals surface area contributed by atoms with E-state index in [0.717, 1.165) is 5.56 Å². The lowest BCUT2D eigenvalue weighted by molar-refractivity contribution is -0.385. The summed E-state index contributed by atoms with van der Waals surface area (Å²) >= 11 is 1.31. The molecule has 168 valence electrons. The van der Waals surface area contributed by atoms with Gasteiger partial charge in [0.05, 0.1) is 24.4 Å². The van der Waals surface area contributed by atoms with Crippen molar-refractivity contribution < 1.29 is 32.4 Å². The summed E-state index contributed by atoms with van der Waals surface area (Å²) < 4.78 is 45.7. The van der Waals surface area contributed by atoms with Crippen LogP contribution in [0.4, 0.5) is 18.9 Å². The van der Waals surface area contributed by atoms with E-state index in [4.69, 9.17) is 4.74 Å². The third-order valence-electron chi connectivity index (χ3n) is 3.99. The molecule has 0 atom stereocenters. The molecule has 0 aliphatic heterocycles. The summed E-state index contributed by atoms with van der Waals surface area (Å²) in [5.74, 6) is 0.564. The quantitative estimate of drug-likeness (QED) is 0.400. The van der Waals surface area contributed by atoms with Gasteiger partial charge in [-0.1, -0.05) is 30.3 Å². The Hall–Kier alpha value is -2.79. The number of carbonyl (C=O) groups is 1. The number of alkyl halides is 3. The molecule has 0 fully saturated rings. The van der Waals surface area contributed by atoms with Crippen LogP contribution in [0.2, 0.25) is 0 Å². The average molecular weight is 458 g/mol.